The molecule has 0 radical (unpaired) electrons. The van der Waals surface area contributed by atoms with Gasteiger partial charge in [0.2, 0.25) is 0 Å². The fourth-order valence-corrected chi connectivity index (χ4v) is 3.16. The molecule has 1 unspecified atom stereocenters. The molecule has 1 aliphatic rings. The van der Waals surface area contributed by atoms with Gasteiger partial charge < -0.3 is 4.98 Å². The predicted molar refractivity (Wildman–Crippen MR) is 60.4 cm³/mol. The number of hydrogen-bond acceptors (Lipinski definition) is 3. The second-order valence-corrected chi connectivity index (χ2v) is 6.12. The summed E-state index contributed by atoms with van der Waals surface area (Å²) in [5.74, 6) is 1.09. The summed E-state index contributed by atoms with van der Waals surface area (Å²) in [6.07, 6.45) is 4.79. The maximum absolute atomic E-state index is 11.9. The van der Waals surface area contributed by atoms with Gasteiger partial charge in [0.25, 0.3) is 10.0 Å². The molecular weight excluding hydrogens is 226 g/mol. The summed E-state index contributed by atoms with van der Waals surface area (Å²) in [6, 6.07) is 0.00218. The van der Waals surface area contributed by atoms with Crippen molar-refractivity contribution in [2.45, 2.75) is 44.2 Å². The summed E-state index contributed by atoms with van der Waals surface area (Å²) >= 11 is 0. The molecule has 0 aromatic carbocycles. The summed E-state index contributed by atoms with van der Waals surface area (Å²) in [7, 11) is -3.43. The summed E-state index contributed by atoms with van der Waals surface area (Å²) in [4.78, 5) is 6.63. The molecule has 1 aromatic rings. The van der Waals surface area contributed by atoms with E-state index in [4.69, 9.17) is 0 Å². The Morgan fingerprint density at radius 1 is 1.56 bits per heavy atom. The number of H-pyrrole nitrogens is 1. The standard InChI is InChI=1S/C10H17N3O2S/c1-7(9-4-3-5-9)13-16(14,15)10-6-11-8(2)12-10/h6-7,9,13H,3-5H2,1-2H3,(H,11,12). The van der Waals surface area contributed by atoms with Crippen molar-refractivity contribution in [1.82, 2.24) is 14.7 Å². The van der Waals surface area contributed by atoms with E-state index in [0.717, 1.165) is 12.8 Å². The Hall–Kier alpha value is -0.880. The molecule has 0 bridgehead atoms. The monoisotopic (exact) mass is 243 g/mol. The van der Waals surface area contributed by atoms with E-state index in [1.165, 1.54) is 12.6 Å². The average Bonchev–Trinajstić information content (AvgIpc) is 2.47. The molecule has 6 heteroatoms. The average molecular weight is 243 g/mol. The van der Waals surface area contributed by atoms with Gasteiger partial charge in [0.05, 0.1) is 6.20 Å². The zero-order valence-corrected chi connectivity index (χ0v) is 10.3. The highest BCUT2D eigenvalue weighted by Crippen LogP contribution is 2.29. The molecule has 1 atom stereocenters. The van der Waals surface area contributed by atoms with Crippen LogP contribution in [0.15, 0.2) is 11.2 Å². The fraction of sp³-hybridized carbons (Fsp3) is 0.700. The van der Waals surface area contributed by atoms with Gasteiger partial charge >= 0.3 is 0 Å². The van der Waals surface area contributed by atoms with Crippen molar-refractivity contribution in [3.05, 3.63) is 12.0 Å². The van der Waals surface area contributed by atoms with Crippen LogP contribution in [0.4, 0.5) is 0 Å². The molecule has 5 nitrogen and oxygen atoms in total. The zero-order chi connectivity index (χ0) is 11.8. The number of aromatic amines is 1. The van der Waals surface area contributed by atoms with Crippen LogP contribution in [0, 0.1) is 12.8 Å². The van der Waals surface area contributed by atoms with Gasteiger partial charge in [-0.05, 0) is 32.6 Å². The molecular formula is C10H17N3O2S. The smallest absolute Gasteiger partial charge is 0.257 e. The second kappa shape index (κ2) is 4.18. The molecule has 0 saturated heterocycles. The first kappa shape index (κ1) is 11.6. The molecule has 16 heavy (non-hydrogen) atoms. The maximum Gasteiger partial charge on any atom is 0.257 e. The predicted octanol–water partition coefficient (Wildman–Crippen LogP) is 1.19. The van der Waals surface area contributed by atoms with Gasteiger partial charge in [0.15, 0.2) is 5.03 Å². The minimum atomic E-state index is -3.43. The number of hydrogen-bond donors (Lipinski definition) is 2. The lowest BCUT2D eigenvalue weighted by atomic mass is 9.81. The largest absolute Gasteiger partial charge is 0.332 e. The van der Waals surface area contributed by atoms with Gasteiger partial charge in [-0.1, -0.05) is 6.42 Å². The Kier molecular flexibility index (Phi) is 3.03. The van der Waals surface area contributed by atoms with E-state index in [-0.39, 0.29) is 11.1 Å². The summed E-state index contributed by atoms with van der Waals surface area (Å²) in [5.41, 5.74) is 0. The Morgan fingerprint density at radius 3 is 2.69 bits per heavy atom. The number of aryl methyl sites for hydroxylation is 1. The lowest BCUT2D eigenvalue weighted by Gasteiger charge is -2.31. The minimum absolute atomic E-state index is 0.00218. The molecule has 1 aliphatic carbocycles. The van der Waals surface area contributed by atoms with E-state index in [9.17, 15) is 8.42 Å². The van der Waals surface area contributed by atoms with Crippen LogP contribution in [0.5, 0.6) is 0 Å². The topological polar surface area (TPSA) is 74.8 Å². The van der Waals surface area contributed by atoms with Gasteiger partial charge in [-0.15, -0.1) is 0 Å². The molecule has 2 rings (SSSR count). The van der Waals surface area contributed by atoms with E-state index in [2.05, 4.69) is 14.7 Å². The maximum atomic E-state index is 11.9. The van der Waals surface area contributed by atoms with E-state index < -0.39 is 10.0 Å². The highest BCUT2D eigenvalue weighted by molar-refractivity contribution is 7.89. The zero-order valence-electron chi connectivity index (χ0n) is 9.53. The van der Waals surface area contributed by atoms with Crippen molar-refractivity contribution in [2.24, 2.45) is 5.92 Å². The normalized spacial score (nSPS) is 19.4. The Labute approximate surface area is 95.7 Å². The third-order valence-corrected chi connectivity index (χ3v) is 4.64. The van der Waals surface area contributed by atoms with Crippen LogP contribution in [-0.4, -0.2) is 24.4 Å². The van der Waals surface area contributed by atoms with Gasteiger partial charge in [0, 0.05) is 6.04 Å². The molecule has 0 aliphatic heterocycles. The third kappa shape index (κ3) is 2.27. The van der Waals surface area contributed by atoms with E-state index in [0.29, 0.717) is 11.7 Å². The SMILES string of the molecule is Cc1ncc(S(=O)(=O)NC(C)C2CCC2)[nH]1. The second-order valence-electron chi connectivity index (χ2n) is 4.43. The number of rotatable bonds is 4. The van der Waals surface area contributed by atoms with Crippen molar-refractivity contribution in [2.75, 3.05) is 0 Å². The Morgan fingerprint density at radius 2 is 2.25 bits per heavy atom. The molecule has 90 valence electrons. The van der Waals surface area contributed by atoms with Gasteiger partial charge in [-0.2, -0.15) is 0 Å². The number of nitrogens with zero attached hydrogens (tertiary/aromatic N) is 1. The number of aromatic nitrogens is 2. The van der Waals surface area contributed by atoms with Crippen LogP contribution in [0.3, 0.4) is 0 Å². The first-order chi connectivity index (χ1) is 7.49. The molecule has 1 aromatic heterocycles. The Bertz CT molecular complexity index is 462. The van der Waals surface area contributed by atoms with Crippen molar-refractivity contribution < 1.29 is 8.42 Å². The van der Waals surface area contributed by atoms with Crippen LogP contribution >= 0.6 is 0 Å². The van der Waals surface area contributed by atoms with Crippen LogP contribution in [0.1, 0.15) is 32.0 Å². The first-order valence-corrected chi connectivity index (χ1v) is 7.01. The first-order valence-electron chi connectivity index (χ1n) is 5.53. The minimum Gasteiger partial charge on any atom is -0.332 e. The van der Waals surface area contributed by atoms with Gasteiger partial charge in [0.1, 0.15) is 5.82 Å². The van der Waals surface area contributed by atoms with Crippen LogP contribution < -0.4 is 4.72 Å². The van der Waals surface area contributed by atoms with Crippen molar-refractivity contribution in [1.29, 1.82) is 0 Å². The molecule has 0 amide bonds. The van der Waals surface area contributed by atoms with Crippen LogP contribution in [0.2, 0.25) is 0 Å². The number of sulfonamides is 1. The van der Waals surface area contributed by atoms with Crippen LogP contribution in [0.25, 0.3) is 0 Å². The highest BCUT2D eigenvalue weighted by Gasteiger charge is 2.28. The van der Waals surface area contributed by atoms with Crippen LogP contribution in [-0.2, 0) is 10.0 Å². The molecule has 1 fully saturated rings. The third-order valence-electron chi connectivity index (χ3n) is 3.17. The molecule has 1 heterocycles. The van der Waals surface area contributed by atoms with Crippen molar-refractivity contribution in [3.8, 4) is 0 Å². The number of nitrogens with one attached hydrogen (secondary N) is 2. The van der Waals surface area contributed by atoms with Crippen molar-refractivity contribution in [3.63, 3.8) is 0 Å². The Balaban J connectivity index is 2.07. The number of imidazole rings is 1. The van der Waals surface area contributed by atoms with Crippen molar-refractivity contribution >= 4 is 10.0 Å². The van der Waals surface area contributed by atoms with E-state index >= 15 is 0 Å². The molecule has 1 saturated carbocycles. The fourth-order valence-electron chi connectivity index (χ4n) is 1.88. The molecule has 0 spiro atoms. The summed E-state index contributed by atoms with van der Waals surface area (Å²) in [5, 5.41) is 0.149. The summed E-state index contributed by atoms with van der Waals surface area (Å²) in [6.45, 7) is 3.65. The van der Waals surface area contributed by atoms with E-state index in [1.807, 2.05) is 6.92 Å². The lowest BCUT2D eigenvalue weighted by Crippen LogP contribution is -2.40. The highest BCUT2D eigenvalue weighted by atomic mass is 32.2. The summed E-state index contributed by atoms with van der Waals surface area (Å²) < 4.78 is 26.5. The van der Waals surface area contributed by atoms with E-state index in [1.54, 1.807) is 6.92 Å². The molecule has 2 N–H and O–H groups in total. The van der Waals surface area contributed by atoms with Gasteiger partial charge in [-0.25, -0.2) is 18.1 Å². The van der Waals surface area contributed by atoms with Gasteiger partial charge in [-0.3, -0.25) is 0 Å². The quantitative estimate of drug-likeness (QED) is 0.834. The lowest BCUT2D eigenvalue weighted by molar-refractivity contribution is 0.260.